The largest absolute Gasteiger partial charge is 0.454 e. The van der Waals surface area contributed by atoms with Crippen molar-refractivity contribution in [2.45, 2.75) is 20.4 Å². The Bertz CT molecular complexity index is 728. The Morgan fingerprint density at radius 2 is 1.91 bits per heavy atom. The van der Waals surface area contributed by atoms with Crippen molar-refractivity contribution in [2.24, 2.45) is 0 Å². The van der Waals surface area contributed by atoms with Gasteiger partial charge in [0, 0.05) is 12.2 Å². The molecule has 0 saturated heterocycles. The lowest BCUT2D eigenvalue weighted by atomic mass is 10.1. The van der Waals surface area contributed by atoms with Crippen LogP contribution in [0.4, 0.5) is 5.69 Å². The highest BCUT2D eigenvalue weighted by Crippen LogP contribution is 2.32. The molecule has 5 heteroatoms. The number of nitrogens with one attached hydrogen (secondary N) is 2. The topological polar surface area (TPSA) is 59.6 Å². The van der Waals surface area contributed by atoms with Crippen molar-refractivity contribution in [3.8, 4) is 11.5 Å². The summed E-state index contributed by atoms with van der Waals surface area (Å²) >= 11 is 0. The lowest BCUT2D eigenvalue weighted by molar-refractivity contribution is -0.119. The van der Waals surface area contributed by atoms with Crippen LogP contribution in [0.3, 0.4) is 0 Å². The zero-order chi connectivity index (χ0) is 16.2. The van der Waals surface area contributed by atoms with Crippen LogP contribution in [0.1, 0.15) is 16.7 Å². The van der Waals surface area contributed by atoms with Gasteiger partial charge in [-0.25, -0.2) is 0 Å². The molecular weight excluding hydrogens is 292 g/mol. The molecule has 1 aliphatic heterocycles. The van der Waals surface area contributed by atoms with Gasteiger partial charge < -0.3 is 20.1 Å². The van der Waals surface area contributed by atoms with Crippen molar-refractivity contribution in [1.82, 2.24) is 5.32 Å². The van der Waals surface area contributed by atoms with Crippen LogP contribution in [0, 0.1) is 13.8 Å². The third-order valence-electron chi connectivity index (χ3n) is 3.75. The fourth-order valence-electron chi connectivity index (χ4n) is 2.50. The van der Waals surface area contributed by atoms with Gasteiger partial charge in [0.05, 0.1) is 6.54 Å². The first-order valence-corrected chi connectivity index (χ1v) is 7.58. The van der Waals surface area contributed by atoms with Crippen molar-refractivity contribution >= 4 is 11.6 Å². The van der Waals surface area contributed by atoms with Crippen molar-refractivity contribution in [2.75, 3.05) is 18.7 Å². The van der Waals surface area contributed by atoms with E-state index >= 15 is 0 Å². The summed E-state index contributed by atoms with van der Waals surface area (Å²) < 4.78 is 10.6. The number of anilines is 1. The first kappa shape index (κ1) is 15.2. The van der Waals surface area contributed by atoms with Gasteiger partial charge in [0.15, 0.2) is 11.5 Å². The van der Waals surface area contributed by atoms with Crippen LogP contribution in [-0.2, 0) is 11.3 Å². The Labute approximate surface area is 135 Å². The maximum absolute atomic E-state index is 12.0. The third-order valence-corrected chi connectivity index (χ3v) is 3.75. The number of carbonyl (C=O) groups excluding carboxylic acids is 1. The van der Waals surface area contributed by atoms with E-state index in [-0.39, 0.29) is 19.2 Å². The van der Waals surface area contributed by atoms with Crippen molar-refractivity contribution in [3.63, 3.8) is 0 Å². The van der Waals surface area contributed by atoms with Gasteiger partial charge in [-0.1, -0.05) is 23.8 Å². The molecule has 120 valence electrons. The van der Waals surface area contributed by atoms with Crippen LogP contribution in [-0.4, -0.2) is 19.2 Å². The fraction of sp³-hybridized carbons (Fsp3) is 0.278. The van der Waals surface area contributed by atoms with Crippen molar-refractivity contribution in [1.29, 1.82) is 0 Å². The molecule has 0 aromatic heterocycles. The summed E-state index contributed by atoms with van der Waals surface area (Å²) in [6.45, 7) is 5.04. The van der Waals surface area contributed by atoms with Gasteiger partial charge in [0.2, 0.25) is 12.7 Å². The van der Waals surface area contributed by atoms with Gasteiger partial charge in [-0.15, -0.1) is 0 Å². The van der Waals surface area contributed by atoms with Crippen LogP contribution >= 0.6 is 0 Å². The van der Waals surface area contributed by atoms with Gasteiger partial charge in [0.25, 0.3) is 0 Å². The first-order valence-electron chi connectivity index (χ1n) is 7.58. The zero-order valence-corrected chi connectivity index (χ0v) is 13.3. The van der Waals surface area contributed by atoms with Crippen LogP contribution in [0.15, 0.2) is 36.4 Å². The molecule has 1 heterocycles. The minimum absolute atomic E-state index is 0.0531. The second-order valence-electron chi connectivity index (χ2n) is 5.64. The molecular formula is C18H20N2O3. The SMILES string of the molecule is Cc1ccc(NCC(=O)NCc2ccc3c(c2)OCO3)c(C)c1. The number of hydrogen-bond donors (Lipinski definition) is 2. The third kappa shape index (κ3) is 3.74. The molecule has 0 unspecified atom stereocenters. The van der Waals surface area contributed by atoms with Crippen LogP contribution in [0.25, 0.3) is 0 Å². The molecule has 0 atom stereocenters. The maximum Gasteiger partial charge on any atom is 0.239 e. The lowest BCUT2D eigenvalue weighted by Gasteiger charge is -2.11. The molecule has 2 N–H and O–H groups in total. The molecule has 5 nitrogen and oxygen atoms in total. The molecule has 0 radical (unpaired) electrons. The van der Waals surface area contributed by atoms with Crippen molar-refractivity contribution < 1.29 is 14.3 Å². The highest BCUT2D eigenvalue weighted by Gasteiger charge is 2.13. The molecule has 0 saturated carbocycles. The van der Waals surface area contributed by atoms with E-state index < -0.39 is 0 Å². The van der Waals surface area contributed by atoms with Crippen molar-refractivity contribution in [3.05, 3.63) is 53.1 Å². The predicted molar refractivity (Wildman–Crippen MR) is 88.8 cm³/mol. The Hall–Kier alpha value is -2.69. The average Bonchev–Trinajstić information content (AvgIpc) is 2.99. The average molecular weight is 312 g/mol. The second kappa shape index (κ2) is 6.60. The fourth-order valence-corrected chi connectivity index (χ4v) is 2.50. The molecule has 23 heavy (non-hydrogen) atoms. The first-order chi connectivity index (χ1) is 11.1. The summed E-state index contributed by atoms with van der Waals surface area (Å²) in [6.07, 6.45) is 0. The van der Waals surface area contributed by atoms with E-state index in [0.29, 0.717) is 6.54 Å². The number of amides is 1. The number of ether oxygens (including phenoxy) is 2. The Balaban J connectivity index is 1.50. The van der Waals surface area contributed by atoms with Gasteiger partial charge in [-0.2, -0.15) is 0 Å². The highest BCUT2D eigenvalue weighted by atomic mass is 16.7. The highest BCUT2D eigenvalue weighted by molar-refractivity contribution is 5.81. The second-order valence-corrected chi connectivity index (χ2v) is 5.64. The Morgan fingerprint density at radius 1 is 1.09 bits per heavy atom. The molecule has 0 fully saturated rings. The summed E-state index contributed by atoms with van der Waals surface area (Å²) in [5.41, 5.74) is 4.30. The van der Waals surface area contributed by atoms with Gasteiger partial charge in [-0.3, -0.25) is 4.79 Å². The van der Waals surface area contributed by atoms with E-state index in [1.807, 2.05) is 37.3 Å². The molecule has 2 aromatic carbocycles. The van der Waals surface area contributed by atoms with Crippen LogP contribution < -0.4 is 20.1 Å². The van der Waals surface area contributed by atoms with Crippen LogP contribution in [0.2, 0.25) is 0 Å². The summed E-state index contributed by atoms with van der Waals surface area (Å²) in [6, 6.07) is 11.8. The maximum atomic E-state index is 12.0. The molecule has 2 aromatic rings. The predicted octanol–water partition coefficient (Wildman–Crippen LogP) is 2.76. The Morgan fingerprint density at radius 3 is 2.74 bits per heavy atom. The van der Waals surface area contributed by atoms with Gasteiger partial charge in [0.1, 0.15) is 0 Å². The van der Waals surface area contributed by atoms with E-state index in [1.54, 1.807) is 0 Å². The van der Waals surface area contributed by atoms with Gasteiger partial charge in [-0.05, 0) is 43.2 Å². The number of fused-ring (bicyclic) bond motifs is 1. The zero-order valence-electron chi connectivity index (χ0n) is 13.3. The number of aryl methyl sites for hydroxylation is 2. The minimum atomic E-state index is -0.0531. The summed E-state index contributed by atoms with van der Waals surface area (Å²) in [5.74, 6) is 1.42. The normalized spacial score (nSPS) is 12.1. The van der Waals surface area contributed by atoms with Crippen LogP contribution in [0.5, 0.6) is 11.5 Å². The van der Waals surface area contributed by atoms with E-state index in [4.69, 9.17) is 9.47 Å². The van der Waals surface area contributed by atoms with E-state index in [1.165, 1.54) is 5.56 Å². The molecule has 3 rings (SSSR count). The quantitative estimate of drug-likeness (QED) is 0.891. The molecule has 0 spiro atoms. The number of carbonyl (C=O) groups is 1. The number of rotatable bonds is 5. The van der Waals surface area contributed by atoms with E-state index in [9.17, 15) is 4.79 Å². The molecule has 1 amide bonds. The smallest absolute Gasteiger partial charge is 0.239 e. The molecule has 1 aliphatic rings. The number of hydrogen-bond acceptors (Lipinski definition) is 4. The lowest BCUT2D eigenvalue weighted by Crippen LogP contribution is -2.29. The monoisotopic (exact) mass is 312 g/mol. The van der Waals surface area contributed by atoms with Gasteiger partial charge >= 0.3 is 0 Å². The summed E-state index contributed by atoms with van der Waals surface area (Å²) in [7, 11) is 0. The minimum Gasteiger partial charge on any atom is -0.454 e. The number of benzene rings is 2. The van der Waals surface area contributed by atoms with E-state index in [2.05, 4.69) is 23.6 Å². The standard InChI is InChI=1S/C18H20N2O3/c1-12-3-5-15(13(2)7-12)19-10-18(21)20-9-14-4-6-16-17(8-14)23-11-22-16/h3-8,19H,9-11H2,1-2H3,(H,20,21). The molecule has 0 aliphatic carbocycles. The molecule has 0 bridgehead atoms. The summed E-state index contributed by atoms with van der Waals surface area (Å²) in [4.78, 5) is 12.0. The Kier molecular flexibility index (Phi) is 4.37. The van der Waals surface area contributed by atoms with E-state index in [0.717, 1.165) is 28.3 Å². The summed E-state index contributed by atoms with van der Waals surface area (Å²) in [5, 5.41) is 6.05.